The van der Waals surface area contributed by atoms with E-state index in [1.54, 1.807) is 0 Å². The van der Waals surface area contributed by atoms with E-state index in [4.69, 9.17) is 0 Å². The predicted molar refractivity (Wildman–Crippen MR) is 95.8 cm³/mol. The van der Waals surface area contributed by atoms with E-state index in [1.807, 2.05) is 25.1 Å². The van der Waals surface area contributed by atoms with Crippen molar-refractivity contribution in [2.24, 2.45) is 0 Å². The van der Waals surface area contributed by atoms with Gasteiger partial charge >= 0.3 is 0 Å². The SMILES string of the molecule is CCN(CC)c1ccc(NC(=O)c2ccc([N+](=O)[O-])cc2)c(C)c1. The molecule has 2 rings (SSSR count). The van der Waals surface area contributed by atoms with E-state index in [9.17, 15) is 14.9 Å². The Kier molecular flexibility index (Phi) is 5.52. The van der Waals surface area contributed by atoms with E-state index in [2.05, 4.69) is 24.1 Å². The van der Waals surface area contributed by atoms with Gasteiger partial charge in [0.2, 0.25) is 0 Å². The van der Waals surface area contributed by atoms with Crippen LogP contribution < -0.4 is 10.2 Å². The highest BCUT2D eigenvalue weighted by Crippen LogP contribution is 2.23. The lowest BCUT2D eigenvalue weighted by molar-refractivity contribution is -0.384. The van der Waals surface area contributed by atoms with Crippen LogP contribution in [-0.2, 0) is 0 Å². The minimum Gasteiger partial charge on any atom is -0.372 e. The monoisotopic (exact) mass is 327 g/mol. The molecule has 0 aliphatic carbocycles. The topological polar surface area (TPSA) is 75.5 Å². The highest BCUT2D eigenvalue weighted by atomic mass is 16.6. The molecule has 0 fully saturated rings. The minimum absolute atomic E-state index is 0.0358. The van der Waals surface area contributed by atoms with Crippen LogP contribution in [0.25, 0.3) is 0 Å². The van der Waals surface area contributed by atoms with Crippen LogP contribution in [0.2, 0.25) is 0 Å². The number of carbonyl (C=O) groups is 1. The standard InChI is InChI=1S/C18H21N3O3/c1-4-20(5-2)16-10-11-17(13(3)12-16)19-18(22)14-6-8-15(9-7-14)21(23)24/h6-12H,4-5H2,1-3H3,(H,19,22). The van der Waals surface area contributed by atoms with Gasteiger partial charge in [0.05, 0.1) is 4.92 Å². The van der Waals surface area contributed by atoms with Crippen molar-refractivity contribution in [2.45, 2.75) is 20.8 Å². The Morgan fingerprint density at radius 3 is 2.25 bits per heavy atom. The highest BCUT2D eigenvalue weighted by Gasteiger charge is 2.11. The number of amides is 1. The van der Waals surface area contributed by atoms with Crippen LogP contribution in [0.4, 0.5) is 17.1 Å². The molecule has 0 aliphatic heterocycles. The second-order valence-electron chi connectivity index (χ2n) is 5.43. The van der Waals surface area contributed by atoms with Gasteiger partial charge in [-0.05, 0) is 56.7 Å². The van der Waals surface area contributed by atoms with Crippen molar-refractivity contribution >= 4 is 23.0 Å². The lowest BCUT2D eigenvalue weighted by Crippen LogP contribution is -2.22. The summed E-state index contributed by atoms with van der Waals surface area (Å²) < 4.78 is 0. The van der Waals surface area contributed by atoms with E-state index in [0.717, 1.165) is 30.0 Å². The summed E-state index contributed by atoms with van der Waals surface area (Å²) >= 11 is 0. The first-order valence-corrected chi connectivity index (χ1v) is 7.87. The van der Waals surface area contributed by atoms with Crippen LogP contribution in [0.15, 0.2) is 42.5 Å². The molecule has 126 valence electrons. The molecule has 6 nitrogen and oxygen atoms in total. The smallest absolute Gasteiger partial charge is 0.269 e. The number of nitrogens with one attached hydrogen (secondary N) is 1. The molecule has 0 radical (unpaired) electrons. The van der Waals surface area contributed by atoms with Gasteiger partial charge < -0.3 is 10.2 Å². The van der Waals surface area contributed by atoms with Crippen molar-refractivity contribution in [3.63, 3.8) is 0 Å². The summed E-state index contributed by atoms with van der Waals surface area (Å²) in [7, 11) is 0. The molecule has 0 aliphatic rings. The molecule has 0 saturated carbocycles. The second kappa shape index (κ2) is 7.59. The maximum Gasteiger partial charge on any atom is 0.269 e. The molecule has 1 N–H and O–H groups in total. The van der Waals surface area contributed by atoms with Crippen LogP contribution in [0, 0.1) is 17.0 Å². The maximum absolute atomic E-state index is 12.3. The van der Waals surface area contributed by atoms with Crippen LogP contribution in [0.3, 0.4) is 0 Å². The zero-order chi connectivity index (χ0) is 17.7. The third-order valence-corrected chi connectivity index (χ3v) is 3.93. The number of aryl methyl sites for hydroxylation is 1. The Labute approximate surface area is 141 Å². The van der Waals surface area contributed by atoms with Crippen molar-refractivity contribution in [1.29, 1.82) is 0 Å². The molecular weight excluding hydrogens is 306 g/mol. The molecule has 0 bridgehead atoms. The molecule has 24 heavy (non-hydrogen) atoms. The average molecular weight is 327 g/mol. The maximum atomic E-state index is 12.3. The van der Waals surface area contributed by atoms with Gasteiger partial charge in [-0.15, -0.1) is 0 Å². The summed E-state index contributed by atoms with van der Waals surface area (Å²) in [6.07, 6.45) is 0. The lowest BCUT2D eigenvalue weighted by Gasteiger charge is -2.22. The van der Waals surface area contributed by atoms with E-state index < -0.39 is 4.92 Å². The van der Waals surface area contributed by atoms with Gasteiger partial charge in [0.15, 0.2) is 0 Å². The molecule has 0 saturated heterocycles. The lowest BCUT2D eigenvalue weighted by atomic mass is 10.1. The Morgan fingerprint density at radius 2 is 1.75 bits per heavy atom. The molecule has 0 atom stereocenters. The van der Waals surface area contributed by atoms with Gasteiger partial charge in [-0.3, -0.25) is 14.9 Å². The Bertz CT molecular complexity index is 738. The number of nitrogens with zero attached hydrogens (tertiary/aromatic N) is 2. The van der Waals surface area contributed by atoms with Crippen LogP contribution >= 0.6 is 0 Å². The summed E-state index contributed by atoms with van der Waals surface area (Å²) in [4.78, 5) is 24.7. The van der Waals surface area contributed by atoms with Crippen molar-refractivity contribution in [2.75, 3.05) is 23.3 Å². The third-order valence-electron chi connectivity index (χ3n) is 3.93. The van der Waals surface area contributed by atoms with Crippen molar-refractivity contribution in [3.8, 4) is 0 Å². The van der Waals surface area contributed by atoms with Crippen molar-refractivity contribution in [1.82, 2.24) is 0 Å². The van der Waals surface area contributed by atoms with Gasteiger partial charge in [0.25, 0.3) is 11.6 Å². The molecule has 6 heteroatoms. The summed E-state index contributed by atoms with van der Waals surface area (Å²) in [5, 5.41) is 13.5. The van der Waals surface area contributed by atoms with E-state index in [-0.39, 0.29) is 11.6 Å². The number of non-ortho nitro benzene ring substituents is 1. The molecule has 0 spiro atoms. The van der Waals surface area contributed by atoms with Gasteiger partial charge in [0, 0.05) is 42.2 Å². The van der Waals surface area contributed by atoms with Gasteiger partial charge in [-0.2, -0.15) is 0 Å². The number of carbonyl (C=O) groups excluding carboxylic acids is 1. The predicted octanol–water partition coefficient (Wildman–Crippen LogP) is 4.00. The number of nitro groups is 1. The number of hydrogen-bond donors (Lipinski definition) is 1. The average Bonchev–Trinajstić information content (AvgIpc) is 2.58. The quantitative estimate of drug-likeness (QED) is 0.642. The molecule has 2 aromatic carbocycles. The fourth-order valence-electron chi connectivity index (χ4n) is 2.50. The number of rotatable bonds is 6. The molecule has 0 aromatic heterocycles. The Hall–Kier alpha value is -2.89. The van der Waals surface area contributed by atoms with Crippen molar-refractivity contribution < 1.29 is 9.72 Å². The Morgan fingerprint density at radius 1 is 1.12 bits per heavy atom. The van der Waals surface area contributed by atoms with Gasteiger partial charge in [-0.25, -0.2) is 0 Å². The second-order valence-corrected chi connectivity index (χ2v) is 5.43. The molecule has 0 heterocycles. The normalized spacial score (nSPS) is 10.3. The van der Waals surface area contributed by atoms with Crippen LogP contribution in [-0.4, -0.2) is 23.9 Å². The number of anilines is 2. The number of hydrogen-bond acceptors (Lipinski definition) is 4. The molecular formula is C18H21N3O3. The first kappa shape index (κ1) is 17.5. The molecule has 2 aromatic rings. The molecule has 1 amide bonds. The summed E-state index contributed by atoms with van der Waals surface area (Å²) in [5.41, 5.74) is 3.16. The Balaban J connectivity index is 2.15. The summed E-state index contributed by atoms with van der Waals surface area (Å²) in [6, 6.07) is 11.5. The minimum atomic E-state index is -0.488. The number of nitro benzene ring substituents is 1. The van der Waals surface area contributed by atoms with Crippen molar-refractivity contribution in [3.05, 3.63) is 63.7 Å². The van der Waals surface area contributed by atoms with E-state index in [1.165, 1.54) is 24.3 Å². The summed E-state index contributed by atoms with van der Waals surface area (Å²) in [6.45, 7) is 7.99. The molecule has 0 unspecified atom stereocenters. The zero-order valence-electron chi connectivity index (χ0n) is 14.1. The van der Waals surface area contributed by atoms with Crippen LogP contribution in [0.5, 0.6) is 0 Å². The van der Waals surface area contributed by atoms with Gasteiger partial charge in [-0.1, -0.05) is 0 Å². The van der Waals surface area contributed by atoms with Gasteiger partial charge in [0.1, 0.15) is 0 Å². The fourth-order valence-corrected chi connectivity index (χ4v) is 2.50. The first-order chi connectivity index (χ1) is 11.5. The first-order valence-electron chi connectivity index (χ1n) is 7.87. The highest BCUT2D eigenvalue weighted by molar-refractivity contribution is 6.04. The van der Waals surface area contributed by atoms with E-state index >= 15 is 0 Å². The third kappa shape index (κ3) is 3.90. The number of benzene rings is 2. The summed E-state index contributed by atoms with van der Waals surface area (Å²) in [5.74, 6) is -0.288. The largest absolute Gasteiger partial charge is 0.372 e. The van der Waals surface area contributed by atoms with Crippen LogP contribution in [0.1, 0.15) is 29.8 Å². The fraction of sp³-hybridized carbons (Fsp3) is 0.278. The van der Waals surface area contributed by atoms with E-state index in [0.29, 0.717) is 5.56 Å². The zero-order valence-corrected chi connectivity index (χ0v) is 14.1.